The van der Waals surface area contributed by atoms with E-state index in [1.807, 2.05) is 37.3 Å². The Morgan fingerprint density at radius 1 is 1.20 bits per heavy atom. The van der Waals surface area contributed by atoms with Crippen molar-refractivity contribution in [3.8, 4) is 6.07 Å². The molecule has 0 aliphatic carbocycles. The number of fused-ring (bicyclic) bond motifs is 2. The van der Waals surface area contributed by atoms with Crippen LogP contribution >= 0.6 is 0 Å². The molecular weight excluding hydrogens is 316 g/mol. The molecule has 3 aromatic heterocycles. The summed E-state index contributed by atoms with van der Waals surface area (Å²) >= 11 is 0. The molecule has 0 N–H and O–H groups in total. The molecule has 0 aliphatic heterocycles. The molecule has 25 heavy (non-hydrogen) atoms. The maximum absolute atomic E-state index is 12.9. The average molecular weight is 330 g/mol. The minimum Gasteiger partial charge on any atom is -0.451 e. The highest BCUT2D eigenvalue weighted by Gasteiger charge is 2.29. The fourth-order valence-electron chi connectivity index (χ4n) is 2.95. The molecule has 122 valence electrons. The van der Waals surface area contributed by atoms with Gasteiger partial charge in [-0.3, -0.25) is 4.79 Å². The number of benzene rings is 1. The van der Waals surface area contributed by atoms with Crippen molar-refractivity contribution >= 4 is 27.9 Å². The van der Waals surface area contributed by atoms with Crippen molar-refractivity contribution in [1.82, 2.24) is 14.5 Å². The number of hydrogen-bond acceptors (Lipinski definition) is 5. The van der Waals surface area contributed by atoms with Crippen LogP contribution in [0.3, 0.4) is 0 Å². The van der Waals surface area contributed by atoms with Crippen molar-refractivity contribution in [2.24, 2.45) is 7.05 Å². The van der Waals surface area contributed by atoms with E-state index in [-0.39, 0.29) is 5.76 Å². The van der Waals surface area contributed by atoms with Crippen LogP contribution in [0.4, 0.5) is 0 Å². The number of para-hydroxylation sites is 2. The van der Waals surface area contributed by atoms with Gasteiger partial charge in [-0.25, -0.2) is 9.97 Å². The molecule has 0 amide bonds. The van der Waals surface area contributed by atoms with Gasteiger partial charge in [0.25, 0.3) is 0 Å². The molecule has 4 aromatic rings. The lowest BCUT2D eigenvalue weighted by molar-refractivity contribution is 0.0950. The van der Waals surface area contributed by atoms with Crippen molar-refractivity contribution in [3.63, 3.8) is 0 Å². The number of furan rings is 1. The van der Waals surface area contributed by atoms with Gasteiger partial charge in [0, 0.05) is 18.8 Å². The SMILES string of the molecule is Cc1ccc2oc(C(=O)C(C#N)c3nc4ccccc4n3C)cc2n1. The normalized spacial score (nSPS) is 12.4. The Labute approximate surface area is 143 Å². The molecule has 6 heteroatoms. The maximum atomic E-state index is 12.9. The summed E-state index contributed by atoms with van der Waals surface area (Å²) in [5, 5.41) is 9.60. The first-order valence-corrected chi connectivity index (χ1v) is 7.81. The molecule has 1 aromatic carbocycles. The lowest BCUT2D eigenvalue weighted by atomic mass is 10.0. The number of carbonyl (C=O) groups excluding carboxylic acids is 1. The summed E-state index contributed by atoms with van der Waals surface area (Å²) in [5.74, 6) is -0.944. The van der Waals surface area contributed by atoms with E-state index in [0.29, 0.717) is 16.9 Å². The molecule has 3 heterocycles. The third kappa shape index (κ3) is 2.37. The van der Waals surface area contributed by atoms with Crippen LogP contribution in [0.1, 0.15) is 28.0 Å². The van der Waals surface area contributed by atoms with E-state index in [4.69, 9.17) is 4.42 Å². The van der Waals surface area contributed by atoms with Gasteiger partial charge in [0.05, 0.1) is 17.1 Å². The monoisotopic (exact) mass is 330 g/mol. The van der Waals surface area contributed by atoms with Crippen LogP contribution < -0.4 is 0 Å². The standard InChI is InChI=1S/C19H14N4O2/c1-11-7-8-16-14(21-11)9-17(25-16)18(24)12(10-20)19-22-13-5-3-4-6-15(13)23(19)2/h3-9,12H,1-2H3. The number of aryl methyl sites for hydroxylation is 2. The Morgan fingerprint density at radius 3 is 2.76 bits per heavy atom. The second-order valence-electron chi connectivity index (χ2n) is 5.89. The fraction of sp³-hybridized carbons (Fsp3) is 0.158. The van der Waals surface area contributed by atoms with Crippen LogP contribution in [0.2, 0.25) is 0 Å². The van der Waals surface area contributed by atoms with Gasteiger partial charge in [-0.1, -0.05) is 12.1 Å². The number of hydrogen-bond donors (Lipinski definition) is 0. The highest BCUT2D eigenvalue weighted by atomic mass is 16.3. The van der Waals surface area contributed by atoms with Crippen LogP contribution in [0.15, 0.2) is 46.9 Å². The molecule has 1 unspecified atom stereocenters. The van der Waals surface area contributed by atoms with Crippen molar-refractivity contribution in [2.45, 2.75) is 12.8 Å². The number of aromatic nitrogens is 3. The smallest absolute Gasteiger partial charge is 0.222 e. The maximum Gasteiger partial charge on any atom is 0.222 e. The summed E-state index contributed by atoms with van der Waals surface area (Å²) < 4.78 is 7.37. The van der Waals surface area contributed by atoms with Gasteiger partial charge in [-0.15, -0.1) is 0 Å². The Hall–Kier alpha value is -3.46. The molecule has 0 spiro atoms. The molecule has 0 aliphatic rings. The fourth-order valence-corrected chi connectivity index (χ4v) is 2.95. The lowest BCUT2D eigenvalue weighted by Gasteiger charge is -2.06. The van der Waals surface area contributed by atoms with Crippen LogP contribution in [0.25, 0.3) is 22.1 Å². The summed E-state index contributed by atoms with van der Waals surface area (Å²) in [6, 6.07) is 14.7. The van der Waals surface area contributed by atoms with E-state index in [1.165, 1.54) is 0 Å². The quantitative estimate of drug-likeness (QED) is 0.537. The predicted octanol–water partition coefficient (Wildman–Crippen LogP) is 3.51. The van der Waals surface area contributed by atoms with Gasteiger partial charge >= 0.3 is 0 Å². The minimum atomic E-state index is -1.04. The highest BCUT2D eigenvalue weighted by molar-refractivity contribution is 6.02. The zero-order chi connectivity index (χ0) is 17.6. The van der Waals surface area contributed by atoms with Crippen molar-refractivity contribution < 1.29 is 9.21 Å². The molecular formula is C19H14N4O2. The molecule has 0 bridgehead atoms. The van der Waals surface area contributed by atoms with E-state index in [2.05, 4.69) is 16.0 Å². The zero-order valence-corrected chi connectivity index (χ0v) is 13.7. The van der Waals surface area contributed by atoms with Crippen molar-refractivity contribution in [1.29, 1.82) is 5.26 Å². The number of pyridine rings is 1. The van der Waals surface area contributed by atoms with Crippen LogP contribution in [0.5, 0.6) is 0 Å². The van der Waals surface area contributed by atoms with E-state index >= 15 is 0 Å². The Balaban J connectivity index is 1.80. The van der Waals surface area contributed by atoms with Crippen molar-refractivity contribution in [2.75, 3.05) is 0 Å². The second-order valence-corrected chi connectivity index (χ2v) is 5.89. The van der Waals surface area contributed by atoms with Gasteiger partial charge < -0.3 is 8.98 Å². The van der Waals surface area contributed by atoms with Gasteiger partial charge in [0.2, 0.25) is 5.78 Å². The zero-order valence-electron chi connectivity index (χ0n) is 13.7. The molecule has 0 fully saturated rings. The lowest BCUT2D eigenvalue weighted by Crippen LogP contribution is -2.15. The first-order chi connectivity index (χ1) is 12.1. The number of carbonyl (C=O) groups is 1. The third-order valence-electron chi connectivity index (χ3n) is 4.23. The van der Waals surface area contributed by atoms with Gasteiger partial charge in [0.1, 0.15) is 11.3 Å². The number of imidazole rings is 1. The van der Waals surface area contributed by atoms with E-state index < -0.39 is 11.7 Å². The number of nitrogens with zero attached hydrogens (tertiary/aromatic N) is 4. The molecule has 4 rings (SSSR count). The van der Waals surface area contributed by atoms with E-state index in [0.717, 1.165) is 16.7 Å². The molecule has 6 nitrogen and oxygen atoms in total. The molecule has 1 atom stereocenters. The number of Topliss-reactive ketones (excluding diaryl/α,β-unsaturated/α-hetero) is 1. The van der Waals surface area contributed by atoms with Gasteiger partial charge in [0.15, 0.2) is 17.3 Å². The Kier molecular flexibility index (Phi) is 3.36. The highest BCUT2D eigenvalue weighted by Crippen LogP contribution is 2.26. The van der Waals surface area contributed by atoms with Crippen molar-refractivity contribution in [3.05, 3.63) is 59.7 Å². The Morgan fingerprint density at radius 2 is 2.00 bits per heavy atom. The summed E-state index contributed by atoms with van der Waals surface area (Å²) in [7, 11) is 1.80. The summed E-state index contributed by atoms with van der Waals surface area (Å²) in [4.78, 5) is 21.7. The van der Waals surface area contributed by atoms with Crippen LogP contribution in [-0.2, 0) is 7.05 Å². The average Bonchev–Trinajstić information content (AvgIpc) is 3.17. The van der Waals surface area contributed by atoms with E-state index in [9.17, 15) is 10.1 Å². The summed E-state index contributed by atoms with van der Waals surface area (Å²) in [6.45, 7) is 1.87. The largest absolute Gasteiger partial charge is 0.451 e. The topological polar surface area (TPSA) is 84.7 Å². The first-order valence-electron chi connectivity index (χ1n) is 7.81. The number of nitriles is 1. The number of rotatable bonds is 3. The molecule has 0 saturated carbocycles. The number of ketones is 1. The molecule has 0 radical (unpaired) electrons. The Bertz CT molecular complexity index is 1160. The van der Waals surface area contributed by atoms with Crippen LogP contribution in [-0.4, -0.2) is 20.3 Å². The van der Waals surface area contributed by atoms with Crippen LogP contribution in [0, 0.1) is 18.3 Å². The second kappa shape index (κ2) is 5.56. The minimum absolute atomic E-state index is 0.117. The predicted molar refractivity (Wildman–Crippen MR) is 92.1 cm³/mol. The van der Waals surface area contributed by atoms with Gasteiger partial charge in [-0.2, -0.15) is 5.26 Å². The third-order valence-corrected chi connectivity index (χ3v) is 4.23. The van der Waals surface area contributed by atoms with Gasteiger partial charge in [-0.05, 0) is 31.2 Å². The van der Waals surface area contributed by atoms with E-state index in [1.54, 1.807) is 23.7 Å². The molecule has 0 saturated heterocycles. The first kappa shape index (κ1) is 15.1. The summed E-state index contributed by atoms with van der Waals surface area (Å²) in [6.07, 6.45) is 0. The summed E-state index contributed by atoms with van der Waals surface area (Å²) in [5.41, 5.74) is 3.57.